The second-order valence-electron chi connectivity index (χ2n) is 7.90. The number of benzene rings is 2. The lowest BCUT2D eigenvalue weighted by Gasteiger charge is -2.19. The molecule has 0 aliphatic heterocycles. The van der Waals surface area contributed by atoms with E-state index in [0.29, 0.717) is 22.6 Å². The van der Waals surface area contributed by atoms with Gasteiger partial charge in [-0.05, 0) is 41.8 Å². The lowest BCUT2D eigenvalue weighted by molar-refractivity contribution is -0.137. The number of rotatable bonds is 8. The molecule has 0 aliphatic carbocycles. The van der Waals surface area contributed by atoms with Gasteiger partial charge in [0.2, 0.25) is 0 Å². The van der Waals surface area contributed by atoms with Crippen molar-refractivity contribution in [3.63, 3.8) is 0 Å². The van der Waals surface area contributed by atoms with Gasteiger partial charge in [-0.1, -0.05) is 24.3 Å². The van der Waals surface area contributed by atoms with Gasteiger partial charge in [0.1, 0.15) is 5.75 Å². The highest BCUT2D eigenvalue weighted by molar-refractivity contribution is 5.91. The molecule has 1 aromatic heterocycles. The minimum Gasteiger partial charge on any atom is -0.505 e. The number of aliphatic carboxylic acids is 1. The maximum absolute atomic E-state index is 12.7. The summed E-state index contributed by atoms with van der Waals surface area (Å²) in [5.74, 6) is -0.371. The van der Waals surface area contributed by atoms with E-state index in [1.165, 1.54) is 32.0 Å². The summed E-state index contributed by atoms with van der Waals surface area (Å²) < 4.78 is 11.9. The molecule has 0 bridgehead atoms. The molecule has 2 aromatic carbocycles. The molecule has 0 spiro atoms. The van der Waals surface area contributed by atoms with Crippen molar-refractivity contribution < 1.29 is 29.3 Å². The zero-order valence-electron chi connectivity index (χ0n) is 19.8. The zero-order valence-corrected chi connectivity index (χ0v) is 19.8. The molecule has 0 saturated heterocycles. The summed E-state index contributed by atoms with van der Waals surface area (Å²) in [7, 11) is 4.56. The van der Waals surface area contributed by atoms with Crippen molar-refractivity contribution in [2.24, 2.45) is 7.05 Å². The first-order valence-corrected chi connectivity index (χ1v) is 10.7. The Morgan fingerprint density at radius 2 is 1.74 bits per heavy atom. The normalized spacial score (nSPS) is 11.4. The molecule has 10 heteroatoms. The third-order valence-corrected chi connectivity index (χ3v) is 5.46. The van der Waals surface area contributed by atoms with Gasteiger partial charge in [0.25, 0.3) is 5.56 Å². The van der Waals surface area contributed by atoms with Crippen LogP contribution in [0.15, 0.2) is 53.5 Å². The van der Waals surface area contributed by atoms with Crippen molar-refractivity contribution in [2.45, 2.75) is 19.4 Å². The SMILES string of the molecule is COc1ccc(-c2cccc(C(CC(=O)O)NC(=O)Nc3c(O)c(C)cn(C)c3=O)c2)cc1OC. The fraction of sp³-hybridized carbons (Fsp3) is 0.240. The number of hydrogen-bond acceptors (Lipinski definition) is 6. The van der Waals surface area contributed by atoms with Crippen molar-refractivity contribution in [1.82, 2.24) is 9.88 Å². The van der Waals surface area contributed by atoms with Gasteiger partial charge in [-0.2, -0.15) is 0 Å². The molecule has 3 rings (SSSR count). The first kappa shape index (κ1) is 25.2. The van der Waals surface area contributed by atoms with Crippen LogP contribution < -0.4 is 25.7 Å². The Balaban J connectivity index is 1.90. The Kier molecular flexibility index (Phi) is 7.65. The van der Waals surface area contributed by atoms with Crippen LogP contribution in [-0.4, -0.2) is 41.0 Å². The fourth-order valence-electron chi connectivity index (χ4n) is 3.68. The Hall–Kier alpha value is -4.47. The number of carboxylic acids is 1. The molecule has 4 N–H and O–H groups in total. The van der Waals surface area contributed by atoms with Crippen molar-refractivity contribution in [2.75, 3.05) is 19.5 Å². The quantitative estimate of drug-likeness (QED) is 0.387. The van der Waals surface area contributed by atoms with Gasteiger partial charge in [-0.25, -0.2) is 4.79 Å². The molecule has 2 amide bonds. The summed E-state index contributed by atoms with van der Waals surface area (Å²) in [5, 5.41) is 24.6. The molecular weight excluding hydrogens is 454 g/mol. The molecule has 1 heterocycles. The number of urea groups is 1. The highest BCUT2D eigenvalue weighted by atomic mass is 16.5. The lowest BCUT2D eigenvalue weighted by Crippen LogP contribution is -2.36. The largest absolute Gasteiger partial charge is 0.505 e. The van der Waals surface area contributed by atoms with E-state index in [1.807, 2.05) is 12.1 Å². The molecule has 0 saturated carbocycles. The number of nitrogens with zero attached hydrogens (tertiary/aromatic N) is 1. The molecule has 0 radical (unpaired) electrons. The summed E-state index contributed by atoms with van der Waals surface area (Å²) in [6.07, 6.45) is 1.04. The third kappa shape index (κ3) is 5.72. The number of methoxy groups -OCH3 is 2. The van der Waals surface area contributed by atoms with Crippen LogP contribution in [0.2, 0.25) is 0 Å². The van der Waals surface area contributed by atoms with Crippen LogP contribution in [-0.2, 0) is 11.8 Å². The predicted octanol–water partition coefficient (Wildman–Crippen LogP) is 3.42. The summed E-state index contributed by atoms with van der Waals surface area (Å²) >= 11 is 0. The van der Waals surface area contributed by atoms with Gasteiger partial charge in [0.05, 0.1) is 26.7 Å². The van der Waals surface area contributed by atoms with Crippen LogP contribution >= 0.6 is 0 Å². The standard InChI is InChI=1S/C25H27N3O7/c1-14-13-28(2)24(32)22(23(14)31)27-25(33)26-18(12-21(29)30)17-7-5-6-15(10-17)16-8-9-19(34-3)20(11-16)35-4/h5-11,13,18,31H,12H2,1-4H3,(H,29,30)(H2,26,27,33). The number of aromatic nitrogens is 1. The number of hydrogen-bond donors (Lipinski definition) is 4. The van der Waals surface area contributed by atoms with E-state index in [4.69, 9.17) is 9.47 Å². The van der Waals surface area contributed by atoms with Crippen molar-refractivity contribution in [3.8, 4) is 28.4 Å². The maximum atomic E-state index is 12.7. The molecule has 0 fully saturated rings. The molecule has 10 nitrogen and oxygen atoms in total. The number of carbonyl (C=O) groups is 2. The molecule has 0 aliphatic rings. The van der Waals surface area contributed by atoms with Crippen molar-refractivity contribution in [3.05, 3.63) is 70.1 Å². The van der Waals surface area contributed by atoms with E-state index < -0.39 is 30.0 Å². The minimum atomic E-state index is -1.12. The van der Waals surface area contributed by atoms with Gasteiger partial charge in [-0.3, -0.25) is 9.59 Å². The zero-order chi connectivity index (χ0) is 25.7. The van der Waals surface area contributed by atoms with Crippen LogP contribution in [0.3, 0.4) is 0 Å². The Morgan fingerprint density at radius 3 is 2.40 bits per heavy atom. The van der Waals surface area contributed by atoms with Gasteiger partial charge >= 0.3 is 12.0 Å². The number of carboxylic acid groups (broad SMARTS) is 1. The summed E-state index contributed by atoms with van der Waals surface area (Å²) in [5.41, 5.74) is 1.61. The second kappa shape index (κ2) is 10.6. The van der Waals surface area contributed by atoms with Gasteiger partial charge in [0, 0.05) is 18.8 Å². The van der Waals surface area contributed by atoms with Crippen LogP contribution in [0.4, 0.5) is 10.5 Å². The molecule has 1 atom stereocenters. The van der Waals surface area contributed by atoms with E-state index in [9.17, 15) is 24.6 Å². The Labute approximate surface area is 201 Å². The van der Waals surface area contributed by atoms with E-state index in [2.05, 4.69) is 10.6 Å². The van der Waals surface area contributed by atoms with Gasteiger partial charge in [-0.15, -0.1) is 0 Å². The van der Waals surface area contributed by atoms with E-state index in [-0.39, 0.29) is 11.4 Å². The van der Waals surface area contributed by atoms with Crippen LogP contribution in [0, 0.1) is 6.92 Å². The number of carbonyl (C=O) groups excluding carboxylic acids is 1. The molecule has 184 valence electrons. The van der Waals surface area contributed by atoms with Crippen molar-refractivity contribution in [1.29, 1.82) is 0 Å². The van der Waals surface area contributed by atoms with Crippen molar-refractivity contribution >= 4 is 17.7 Å². The van der Waals surface area contributed by atoms with Crippen LogP contribution in [0.1, 0.15) is 23.6 Å². The highest BCUT2D eigenvalue weighted by Crippen LogP contribution is 2.33. The summed E-state index contributed by atoms with van der Waals surface area (Å²) in [6, 6.07) is 10.7. The third-order valence-electron chi connectivity index (χ3n) is 5.46. The molecule has 3 aromatic rings. The number of aryl methyl sites for hydroxylation is 2. The number of ether oxygens (including phenoxy) is 2. The van der Waals surface area contributed by atoms with Crippen LogP contribution in [0.25, 0.3) is 11.1 Å². The average Bonchev–Trinajstić information content (AvgIpc) is 2.84. The summed E-state index contributed by atoms with van der Waals surface area (Å²) in [6.45, 7) is 1.59. The molecular formula is C25H27N3O7. The topological polar surface area (TPSA) is 139 Å². The first-order valence-electron chi connectivity index (χ1n) is 10.7. The number of amides is 2. The van der Waals surface area contributed by atoms with E-state index >= 15 is 0 Å². The van der Waals surface area contributed by atoms with Gasteiger partial charge < -0.3 is 34.9 Å². The van der Waals surface area contributed by atoms with E-state index in [0.717, 1.165) is 11.1 Å². The Morgan fingerprint density at radius 1 is 1.06 bits per heavy atom. The maximum Gasteiger partial charge on any atom is 0.319 e. The average molecular weight is 482 g/mol. The lowest BCUT2D eigenvalue weighted by atomic mass is 9.97. The smallest absolute Gasteiger partial charge is 0.319 e. The fourth-order valence-corrected chi connectivity index (χ4v) is 3.68. The number of anilines is 1. The second-order valence-corrected chi connectivity index (χ2v) is 7.90. The monoisotopic (exact) mass is 481 g/mol. The highest BCUT2D eigenvalue weighted by Gasteiger charge is 2.21. The van der Waals surface area contributed by atoms with E-state index in [1.54, 1.807) is 37.3 Å². The number of pyridine rings is 1. The van der Waals surface area contributed by atoms with Gasteiger partial charge in [0.15, 0.2) is 17.2 Å². The predicted molar refractivity (Wildman–Crippen MR) is 130 cm³/mol. The minimum absolute atomic E-state index is 0.293. The number of aromatic hydroxyl groups is 1. The van der Waals surface area contributed by atoms with Crippen LogP contribution in [0.5, 0.6) is 17.2 Å². The molecule has 35 heavy (non-hydrogen) atoms. The Bertz CT molecular complexity index is 1320. The first-order chi connectivity index (χ1) is 16.6. The summed E-state index contributed by atoms with van der Waals surface area (Å²) in [4.78, 5) is 36.6. The molecule has 1 unspecified atom stereocenters. The number of nitrogens with one attached hydrogen (secondary N) is 2.